The molecule has 3 aromatic carbocycles. The molecule has 0 radical (unpaired) electrons. The van der Waals surface area contributed by atoms with Gasteiger partial charge in [-0.1, -0.05) is 65.9 Å². The zero-order valence-corrected chi connectivity index (χ0v) is 20.3. The minimum absolute atomic E-state index is 0.100. The van der Waals surface area contributed by atoms with Gasteiger partial charge in [-0.15, -0.1) is 5.10 Å². The largest absolute Gasteiger partial charge is 0.394 e. The van der Waals surface area contributed by atoms with Crippen LogP contribution in [0.4, 0.5) is 4.39 Å². The van der Waals surface area contributed by atoms with E-state index < -0.39 is 48.9 Å². The van der Waals surface area contributed by atoms with Crippen molar-refractivity contribution in [1.82, 2.24) is 19.9 Å². The van der Waals surface area contributed by atoms with Gasteiger partial charge < -0.3 is 25.0 Å². The quantitative estimate of drug-likeness (QED) is 0.344. The summed E-state index contributed by atoms with van der Waals surface area (Å²) < 4.78 is 21.0. The molecule has 1 amide bonds. The van der Waals surface area contributed by atoms with Gasteiger partial charge in [-0.2, -0.15) is 0 Å². The van der Waals surface area contributed by atoms with Crippen molar-refractivity contribution in [1.29, 1.82) is 0 Å². The SMILES string of the molecule is O=C(c1ccccc1)N(Cc1ccccc1)C1OC(CO)C(O)C(n2cc(-c3cccc(F)c3)nn2)C1O. The monoisotopic (exact) mass is 518 g/mol. The highest BCUT2D eigenvalue weighted by atomic mass is 19.1. The van der Waals surface area contributed by atoms with E-state index in [1.54, 1.807) is 36.4 Å². The van der Waals surface area contributed by atoms with Gasteiger partial charge in [-0.25, -0.2) is 9.07 Å². The lowest BCUT2D eigenvalue weighted by Gasteiger charge is -2.46. The van der Waals surface area contributed by atoms with E-state index in [2.05, 4.69) is 10.3 Å². The summed E-state index contributed by atoms with van der Waals surface area (Å²) >= 11 is 0. The first-order valence-corrected chi connectivity index (χ1v) is 12.2. The average Bonchev–Trinajstić information content (AvgIpc) is 3.43. The molecule has 196 valence electrons. The second-order valence-electron chi connectivity index (χ2n) is 9.10. The number of halogens is 1. The molecule has 0 aliphatic carbocycles. The van der Waals surface area contributed by atoms with Crippen LogP contribution in [0.1, 0.15) is 22.0 Å². The number of carbonyl (C=O) groups excluding carboxylic acids is 1. The number of nitrogens with zero attached hydrogens (tertiary/aromatic N) is 4. The highest BCUT2D eigenvalue weighted by molar-refractivity contribution is 5.94. The van der Waals surface area contributed by atoms with E-state index in [4.69, 9.17) is 4.74 Å². The lowest BCUT2D eigenvalue weighted by molar-refractivity contribution is -0.239. The summed E-state index contributed by atoms with van der Waals surface area (Å²) in [6, 6.07) is 22.5. The summed E-state index contributed by atoms with van der Waals surface area (Å²) in [5.41, 5.74) is 1.98. The van der Waals surface area contributed by atoms with Crippen LogP contribution in [0, 0.1) is 5.82 Å². The Hall–Kier alpha value is -3.96. The molecule has 5 atom stereocenters. The number of aliphatic hydroxyl groups excluding tert-OH is 3. The van der Waals surface area contributed by atoms with E-state index in [0.29, 0.717) is 16.8 Å². The van der Waals surface area contributed by atoms with Crippen LogP contribution >= 0.6 is 0 Å². The van der Waals surface area contributed by atoms with Gasteiger partial charge in [-0.05, 0) is 29.8 Å². The number of amides is 1. The first-order chi connectivity index (χ1) is 18.5. The molecule has 2 heterocycles. The Balaban J connectivity index is 1.51. The molecule has 4 aromatic rings. The lowest BCUT2D eigenvalue weighted by Crippen LogP contribution is -2.61. The Kier molecular flexibility index (Phi) is 7.57. The van der Waals surface area contributed by atoms with Gasteiger partial charge in [-0.3, -0.25) is 4.79 Å². The molecule has 1 aliphatic heterocycles. The van der Waals surface area contributed by atoms with Crippen LogP contribution in [0.5, 0.6) is 0 Å². The van der Waals surface area contributed by atoms with Gasteiger partial charge in [0, 0.05) is 17.7 Å². The van der Waals surface area contributed by atoms with Gasteiger partial charge in [0.1, 0.15) is 35.9 Å². The van der Waals surface area contributed by atoms with Gasteiger partial charge in [0.15, 0.2) is 6.23 Å². The van der Waals surface area contributed by atoms with Gasteiger partial charge in [0.05, 0.1) is 12.8 Å². The molecule has 5 rings (SSSR count). The highest BCUT2D eigenvalue weighted by Gasteiger charge is 2.49. The summed E-state index contributed by atoms with van der Waals surface area (Å²) in [7, 11) is 0. The maximum absolute atomic E-state index is 13.8. The normalized spacial score (nSPS) is 23.2. The summed E-state index contributed by atoms with van der Waals surface area (Å²) in [4.78, 5) is 15.1. The second-order valence-corrected chi connectivity index (χ2v) is 9.10. The predicted octanol–water partition coefficient (Wildman–Crippen LogP) is 2.41. The maximum atomic E-state index is 13.8. The van der Waals surface area contributed by atoms with E-state index in [1.807, 2.05) is 30.3 Å². The molecule has 1 aromatic heterocycles. The second kappa shape index (κ2) is 11.2. The fourth-order valence-electron chi connectivity index (χ4n) is 4.66. The van der Waals surface area contributed by atoms with Crippen molar-refractivity contribution < 1.29 is 29.2 Å². The molecular weight excluding hydrogens is 491 g/mol. The molecule has 0 saturated carbocycles. The zero-order chi connectivity index (χ0) is 26.6. The van der Waals surface area contributed by atoms with Gasteiger partial charge in [0.25, 0.3) is 5.91 Å². The lowest BCUT2D eigenvalue weighted by atomic mass is 9.94. The molecule has 5 unspecified atom stereocenters. The maximum Gasteiger partial charge on any atom is 0.256 e. The van der Waals surface area contributed by atoms with Gasteiger partial charge >= 0.3 is 0 Å². The van der Waals surface area contributed by atoms with Crippen molar-refractivity contribution >= 4 is 5.91 Å². The van der Waals surface area contributed by atoms with E-state index in [-0.39, 0.29) is 6.54 Å². The minimum atomic E-state index is -1.45. The minimum Gasteiger partial charge on any atom is -0.394 e. The van der Waals surface area contributed by atoms with Crippen LogP contribution in [0.25, 0.3) is 11.3 Å². The standard InChI is InChI=1S/C28H27FN4O5/c29-21-13-7-12-20(14-21)22-16-33(31-30-22)24-25(35)23(17-34)38-28(26(24)36)32(15-18-8-3-1-4-9-18)27(37)19-10-5-2-6-11-19/h1-14,16,23-26,28,34-36H,15,17H2. The fraction of sp³-hybridized carbons (Fsp3) is 0.250. The summed E-state index contributed by atoms with van der Waals surface area (Å²) in [6.07, 6.45) is -3.72. The number of rotatable bonds is 7. The van der Waals surface area contributed by atoms with Crippen molar-refractivity contribution in [3.8, 4) is 11.3 Å². The molecule has 38 heavy (non-hydrogen) atoms. The summed E-state index contributed by atoms with van der Waals surface area (Å²) in [6.45, 7) is -0.464. The summed E-state index contributed by atoms with van der Waals surface area (Å²) in [5, 5.41) is 40.7. The highest BCUT2D eigenvalue weighted by Crippen LogP contribution is 2.33. The Labute approximate surface area is 218 Å². The number of carbonyl (C=O) groups is 1. The number of ether oxygens (including phenoxy) is 1. The van der Waals surface area contributed by atoms with Crippen molar-refractivity contribution in [2.45, 2.75) is 37.1 Å². The molecule has 10 heteroatoms. The van der Waals surface area contributed by atoms with E-state index in [0.717, 1.165) is 5.56 Å². The third-order valence-corrected chi connectivity index (χ3v) is 6.59. The third kappa shape index (κ3) is 5.20. The number of hydrogen-bond donors (Lipinski definition) is 3. The van der Waals surface area contributed by atoms with Crippen LogP contribution in [-0.4, -0.2) is 72.3 Å². The van der Waals surface area contributed by atoms with E-state index >= 15 is 0 Å². The van der Waals surface area contributed by atoms with E-state index in [1.165, 1.54) is 34.0 Å². The van der Waals surface area contributed by atoms with Crippen molar-refractivity contribution in [3.05, 3.63) is 108 Å². The first kappa shape index (κ1) is 25.7. The summed E-state index contributed by atoms with van der Waals surface area (Å²) in [5.74, 6) is -0.844. The first-order valence-electron chi connectivity index (χ1n) is 12.2. The van der Waals surface area contributed by atoms with Crippen LogP contribution in [0.2, 0.25) is 0 Å². The molecule has 0 spiro atoms. The van der Waals surface area contributed by atoms with Crippen molar-refractivity contribution in [2.24, 2.45) is 0 Å². The van der Waals surface area contributed by atoms with Crippen LogP contribution in [0.15, 0.2) is 91.1 Å². The molecule has 1 aliphatic rings. The smallest absolute Gasteiger partial charge is 0.256 e. The van der Waals surface area contributed by atoms with Crippen LogP contribution < -0.4 is 0 Å². The van der Waals surface area contributed by atoms with Gasteiger partial charge in [0.2, 0.25) is 0 Å². The number of hydrogen-bond acceptors (Lipinski definition) is 7. The number of aliphatic hydroxyl groups is 3. The number of aromatic nitrogens is 3. The zero-order valence-electron chi connectivity index (χ0n) is 20.3. The van der Waals surface area contributed by atoms with Crippen LogP contribution in [-0.2, 0) is 11.3 Å². The Morgan fingerprint density at radius 2 is 1.68 bits per heavy atom. The Morgan fingerprint density at radius 1 is 0.974 bits per heavy atom. The Bertz CT molecular complexity index is 1370. The number of benzene rings is 3. The molecule has 1 fully saturated rings. The molecule has 1 saturated heterocycles. The molecule has 3 N–H and O–H groups in total. The van der Waals surface area contributed by atoms with Crippen molar-refractivity contribution in [3.63, 3.8) is 0 Å². The third-order valence-electron chi connectivity index (χ3n) is 6.59. The average molecular weight is 519 g/mol. The predicted molar refractivity (Wildman–Crippen MR) is 135 cm³/mol. The fourth-order valence-corrected chi connectivity index (χ4v) is 4.66. The topological polar surface area (TPSA) is 121 Å². The molecule has 0 bridgehead atoms. The molecule has 9 nitrogen and oxygen atoms in total. The van der Waals surface area contributed by atoms with Crippen molar-refractivity contribution in [2.75, 3.05) is 6.61 Å². The molecular formula is C28H27FN4O5. The Morgan fingerprint density at radius 3 is 2.37 bits per heavy atom. The van der Waals surface area contributed by atoms with Crippen LogP contribution in [0.3, 0.4) is 0 Å². The van der Waals surface area contributed by atoms with E-state index in [9.17, 15) is 24.5 Å².